The maximum Gasteiger partial charge on any atom is 0.416 e. The van der Waals surface area contributed by atoms with Crippen LogP contribution in [0, 0.1) is 17.1 Å². The van der Waals surface area contributed by atoms with E-state index in [1.807, 2.05) is 6.07 Å². The summed E-state index contributed by atoms with van der Waals surface area (Å²) < 4.78 is 55.5. The van der Waals surface area contributed by atoms with E-state index in [1.54, 1.807) is 4.57 Å². The van der Waals surface area contributed by atoms with Crippen LogP contribution in [-0.2, 0) is 19.1 Å². The lowest BCUT2D eigenvalue weighted by molar-refractivity contribution is -0.137. The van der Waals surface area contributed by atoms with Gasteiger partial charge >= 0.3 is 12.1 Å². The molecule has 1 aromatic heterocycles. The van der Waals surface area contributed by atoms with Crippen molar-refractivity contribution in [3.8, 4) is 6.07 Å². The van der Waals surface area contributed by atoms with Gasteiger partial charge in [0.15, 0.2) is 0 Å². The van der Waals surface area contributed by atoms with Crippen molar-refractivity contribution in [2.45, 2.75) is 25.6 Å². The van der Waals surface area contributed by atoms with Crippen molar-refractivity contribution < 1.29 is 27.5 Å². The van der Waals surface area contributed by atoms with Crippen molar-refractivity contribution in [3.05, 3.63) is 70.7 Å². The smallest absolute Gasteiger partial charge is 0.416 e. The quantitative estimate of drug-likeness (QED) is 0.624. The standard InChI is InChI=1S/C20H14F4N2O2/c21-17-14(3-1-5-16(17)19(27)28)11-26-8-6-13-10-15(20(22,23)24)9-12(18(13)26)4-2-7-25/h1,3,5-6,8-10H,2,4,11H2,(H,27,28). The summed E-state index contributed by atoms with van der Waals surface area (Å²) in [4.78, 5) is 11.1. The lowest BCUT2D eigenvalue weighted by Crippen LogP contribution is -2.09. The van der Waals surface area contributed by atoms with Crippen LogP contribution in [0.5, 0.6) is 0 Å². The SMILES string of the molecule is N#CCCc1cc(C(F)(F)F)cc2ccn(Cc3cccc(C(=O)O)c3F)c12. The Hall–Kier alpha value is -3.34. The highest BCUT2D eigenvalue weighted by Crippen LogP contribution is 2.34. The summed E-state index contributed by atoms with van der Waals surface area (Å²) in [6.45, 7) is -0.0542. The minimum atomic E-state index is -4.53. The number of aryl methyl sites for hydroxylation is 1. The number of hydrogen-bond acceptors (Lipinski definition) is 2. The summed E-state index contributed by atoms with van der Waals surface area (Å²) >= 11 is 0. The second kappa shape index (κ2) is 7.35. The van der Waals surface area contributed by atoms with Crippen LogP contribution in [0.1, 0.15) is 33.5 Å². The largest absolute Gasteiger partial charge is 0.478 e. The molecule has 1 N–H and O–H groups in total. The molecule has 144 valence electrons. The summed E-state index contributed by atoms with van der Waals surface area (Å²) in [6.07, 6.45) is -2.86. The maximum absolute atomic E-state index is 14.5. The van der Waals surface area contributed by atoms with Crippen molar-refractivity contribution >= 4 is 16.9 Å². The van der Waals surface area contributed by atoms with Gasteiger partial charge in [0.1, 0.15) is 5.82 Å². The number of carboxylic acids is 1. The Balaban J connectivity index is 2.12. The zero-order valence-corrected chi connectivity index (χ0v) is 14.4. The molecule has 0 bridgehead atoms. The van der Waals surface area contributed by atoms with Gasteiger partial charge in [0.2, 0.25) is 0 Å². The number of aromatic nitrogens is 1. The van der Waals surface area contributed by atoms with Crippen LogP contribution in [0.2, 0.25) is 0 Å². The first-order valence-corrected chi connectivity index (χ1v) is 8.29. The Bertz CT molecular complexity index is 1090. The molecule has 0 aliphatic carbocycles. The first-order valence-electron chi connectivity index (χ1n) is 8.29. The zero-order chi connectivity index (χ0) is 20.5. The summed E-state index contributed by atoms with van der Waals surface area (Å²) in [6, 6.07) is 9.38. The van der Waals surface area contributed by atoms with E-state index in [0.717, 1.165) is 18.2 Å². The Labute approximate surface area is 157 Å². The van der Waals surface area contributed by atoms with Crippen molar-refractivity contribution in [2.75, 3.05) is 0 Å². The molecule has 3 aromatic rings. The van der Waals surface area contributed by atoms with Crippen LogP contribution >= 0.6 is 0 Å². The number of carbonyl (C=O) groups is 1. The molecule has 0 amide bonds. The van der Waals surface area contributed by atoms with E-state index in [2.05, 4.69) is 0 Å². The fraction of sp³-hybridized carbons (Fsp3) is 0.200. The first kappa shape index (κ1) is 19.4. The van der Waals surface area contributed by atoms with E-state index in [4.69, 9.17) is 10.4 Å². The maximum atomic E-state index is 14.5. The van der Waals surface area contributed by atoms with E-state index in [9.17, 15) is 22.4 Å². The van der Waals surface area contributed by atoms with Crippen molar-refractivity contribution in [1.29, 1.82) is 5.26 Å². The highest BCUT2D eigenvalue weighted by atomic mass is 19.4. The molecule has 0 atom stereocenters. The molecule has 0 aliphatic rings. The predicted octanol–water partition coefficient (Wildman–Crippen LogP) is 5.00. The summed E-state index contributed by atoms with van der Waals surface area (Å²) in [5, 5.41) is 18.2. The molecule has 3 rings (SSSR count). The third kappa shape index (κ3) is 3.69. The second-order valence-electron chi connectivity index (χ2n) is 6.26. The third-order valence-electron chi connectivity index (χ3n) is 4.42. The summed E-state index contributed by atoms with van der Waals surface area (Å²) in [5.74, 6) is -2.29. The minimum absolute atomic E-state index is 0.0322. The normalized spacial score (nSPS) is 11.5. The molecule has 0 aliphatic heterocycles. The minimum Gasteiger partial charge on any atom is -0.478 e. The molecule has 0 unspecified atom stereocenters. The summed E-state index contributed by atoms with van der Waals surface area (Å²) in [7, 11) is 0. The molecule has 28 heavy (non-hydrogen) atoms. The number of aromatic carboxylic acids is 1. The van der Waals surface area contributed by atoms with Gasteiger partial charge in [-0.1, -0.05) is 12.1 Å². The zero-order valence-electron chi connectivity index (χ0n) is 14.4. The number of alkyl halides is 3. The van der Waals surface area contributed by atoms with Gasteiger partial charge < -0.3 is 9.67 Å². The Morgan fingerprint density at radius 3 is 2.57 bits per heavy atom. The Morgan fingerprint density at radius 2 is 1.93 bits per heavy atom. The van der Waals surface area contributed by atoms with E-state index in [-0.39, 0.29) is 24.9 Å². The molecule has 0 saturated heterocycles. The third-order valence-corrected chi connectivity index (χ3v) is 4.42. The van der Waals surface area contributed by atoms with Crippen LogP contribution in [-0.4, -0.2) is 15.6 Å². The number of nitrogens with zero attached hydrogens (tertiary/aromatic N) is 2. The van der Waals surface area contributed by atoms with Gasteiger partial charge in [0.05, 0.1) is 29.3 Å². The number of halogens is 4. The van der Waals surface area contributed by atoms with Gasteiger partial charge in [0.25, 0.3) is 0 Å². The van der Waals surface area contributed by atoms with Gasteiger partial charge in [-0.25, -0.2) is 9.18 Å². The number of fused-ring (bicyclic) bond motifs is 1. The number of benzene rings is 2. The monoisotopic (exact) mass is 390 g/mol. The molecule has 8 heteroatoms. The molecular weight excluding hydrogens is 376 g/mol. The van der Waals surface area contributed by atoms with E-state index < -0.39 is 29.1 Å². The first-order chi connectivity index (χ1) is 13.2. The number of hydrogen-bond donors (Lipinski definition) is 1. The second-order valence-corrected chi connectivity index (χ2v) is 6.26. The van der Waals surface area contributed by atoms with E-state index in [1.165, 1.54) is 24.4 Å². The fourth-order valence-corrected chi connectivity index (χ4v) is 3.17. The number of nitriles is 1. The average molecular weight is 390 g/mol. The van der Waals surface area contributed by atoms with Crippen LogP contribution in [0.15, 0.2) is 42.6 Å². The molecule has 0 spiro atoms. The van der Waals surface area contributed by atoms with Crippen LogP contribution in [0.3, 0.4) is 0 Å². The average Bonchev–Trinajstić information content (AvgIpc) is 3.03. The topological polar surface area (TPSA) is 66.0 Å². The number of carboxylic acid groups (broad SMARTS) is 1. The molecule has 4 nitrogen and oxygen atoms in total. The molecule has 2 aromatic carbocycles. The fourth-order valence-electron chi connectivity index (χ4n) is 3.17. The van der Waals surface area contributed by atoms with E-state index >= 15 is 0 Å². The molecule has 0 saturated carbocycles. The lowest BCUT2D eigenvalue weighted by atomic mass is 10.0. The van der Waals surface area contributed by atoms with Gasteiger partial charge in [-0.05, 0) is 36.2 Å². The van der Waals surface area contributed by atoms with Crippen molar-refractivity contribution in [1.82, 2.24) is 4.57 Å². The van der Waals surface area contributed by atoms with Gasteiger partial charge in [0, 0.05) is 23.6 Å². The van der Waals surface area contributed by atoms with Gasteiger partial charge in [-0.2, -0.15) is 18.4 Å². The summed E-state index contributed by atoms with van der Waals surface area (Å²) in [5.41, 5.74) is -0.402. The highest BCUT2D eigenvalue weighted by molar-refractivity contribution is 5.88. The Morgan fingerprint density at radius 1 is 1.18 bits per heavy atom. The van der Waals surface area contributed by atoms with E-state index in [0.29, 0.717) is 16.5 Å². The van der Waals surface area contributed by atoms with Crippen LogP contribution < -0.4 is 0 Å². The van der Waals surface area contributed by atoms with Crippen LogP contribution in [0.4, 0.5) is 17.6 Å². The van der Waals surface area contributed by atoms with Crippen molar-refractivity contribution in [2.24, 2.45) is 0 Å². The predicted molar refractivity (Wildman–Crippen MR) is 93.3 cm³/mol. The van der Waals surface area contributed by atoms with Crippen molar-refractivity contribution in [3.63, 3.8) is 0 Å². The molecule has 0 radical (unpaired) electrons. The molecular formula is C20H14F4N2O2. The van der Waals surface area contributed by atoms with Gasteiger partial charge in [-0.3, -0.25) is 0 Å². The lowest BCUT2D eigenvalue weighted by Gasteiger charge is -2.14. The molecule has 0 fully saturated rings. The van der Waals surface area contributed by atoms with Crippen LogP contribution in [0.25, 0.3) is 10.9 Å². The van der Waals surface area contributed by atoms with Gasteiger partial charge in [-0.15, -0.1) is 0 Å². The number of rotatable bonds is 5. The highest BCUT2D eigenvalue weighted by Gasteiger charge is 2.31. The Kier molecular flexibility index (Phi) is 5.10. The molecule has 1 heterocycles.